The molecule has 2 aromatic heterocycles. The van der Waals surface area contributed by atoms with Gasteiger partial charge in [0.1, 0.15) is 14.8 Å². The van der Waals surface area contributed by atoms with Crippen molar-refractivity contribution in [2.75, 3.05) is 12.0 Å². The largest absolute Gasteiger partial charge is 0.322 e. The smallest absolute Gasteiger partial charge is 0.234 e. The number of rotatable bonds is 5. The Labute approximate surface area is 114 Å². The van der Waals surface area contributed by atoms with Crippen LogP contribution in [0.3, 0.4) is 0 Å². The molecule has 2 heterocycles. The Kier molecular flexibility index (Phi) is 3.06. The van der Waals surface area contributed by atoms with Crippen LogP contribution < -0.4 is 5.73 Å². The van der Waals surface area contributed by atoms with Gasteiger partial charge < -0.3 is 5.73 Å². The van der Waals surface area contributed by atoms with Gasteiger partial charge in [-0.05, 0) is 19.3 Å². The van der Waals surface area contributed by atoms with Gasteiger partial charge in [-0.25, -0.2) is 8.42 Å². The van der Waals surface area contributed by atoms with Gasteiger partial charge in [-0.3, -0.25) is 0 Å². The fourth-order valence-electron chi connectivity index (χ4n) is 1.86. The van der Waals surface area contributed by atoms with Crippen LogP contribution in [-0.4, -0.2) is 40.2 Å². The quantitative estimate of drug-likeness (QED) is 0.862. The maximum absolute atomic E-state index is 11.1. The summed E-state index contributed by atoms with van der Waals surface area (Å²) < 4.78 is 24.0. The van der Waals surface area contributed by atoms with E-state index in [9.17, 15) is 8.42 Å². The van der Waals surface area contributed by atoms with Gasteiger partial charge in [0.05, 0.1) is 11.8 Å². The minimum atomic E-state index is -2.99. The first kappa shape index (κ1) is 12.9. The Balaban J connectivity index is 1.80. The van der Waals surface area contributed by atoms with E-state index in [1.165, 1.54) is 17.6 Å². The molecular formula is C10H15N5O2S2. The zero-order chi connectivity index (χ0) is 13.6. The number of hydrogen-bond donors (Lipinski definition) is 1. The van der Waals surface area contributed by atoms with Crippen LogP contribution in [0, 0.1) is 0 Å². The fraction of sp³-hybridized carbons (Fsp3) is 0.700. The van der Waals surface area contributed by atoms with Gasteiger partial charge in [0.15, 0.2) is 5.82 Å². The van der Waals surface area contributed by atoms with Crippen LogP contribution in [-0.2, 0) is 9.84 Å². The van der Waals surface area contributed by atoms with E-state index in [0.29, 0.717) is 12.3 Å². The van der Waals surface area contributed by atoms with E-state index in [0.717, 1.165) is 28.6 Å². The summed E-state index contributed by atoms with van der Waals surface area (Å²) in [5.74, 6) is 1.44. The molecule has 3 rings (SSSR count). The summed E-state index contributed by atoms with van der Waals surface area (Å²) in [4.78, 5) is 0.728. The molecule has 1 fully saturated rings. The van der Waals surface area contributed by atoms with Crippen LogP contribution in [0.1, 0.15) is 42.1 Å². The Morgan fingerprint density at radius 2 is 2.21 bits per heavy atom. The molecule has 0 bridgehead atoms. The van der Waals surface area contributed by atoms with Crippen LogP contribution in [0.15, 0.2) is 0 Å². The van der Waals surface area contributed by atoms with Crippen LogP contribution in [0.5, 0.6) is 0 Å². The lowest BCUT2D eigenvalue weighted by molar-refractivity contribution is 0.590. The zero-order valence-corrected chi connectivity index (χ0v) is 12.1. The summed E-state index contributed by atoms with van der Waals surface area (Å²) in [5.41, 5.74) is 5.99. The van der Waals surface area contributed by atoms with E-state index >= 15 is 0 Å². The lowest BCUT2D eigenvalue weighted by atomic mass is 10.2. The van der Waals surface area contributed by atoms with Gasteiger partial charge in [-0.2, -0.15) is 9.61 Å². The third kappa shape index (κ3) is 2.77. The highest BCUT2D eigenvalue weighted by Gasteiger charge is 2.30. The molecule has 0 radical (unpaired) electrons. The molecule has 1 atom stereocenters. The molecule has 1 saturated carbocycles. The van der Waals surface area contributed by atoms with Gasteiger partial charge in [-0.1, -0.05) is 11.3 Å². The van der Waals surface area contributed by atoms with Gasteiger partial charge in [-0.15, -0.1) is 10.2 Å². The molecule has 0 aromatic carbocycles. The van der Waals surface area contributed by atoms with E-state index in [-0.39, 0.29) is 11.8 Å². The van der Waals surface area contributed by atoms with Crippen molar-refractivity contribution >= 4 is 26.1 Å². The molecule has 0 saturated heterocycles. The summed E-state index contributed by atoms with van der Waals surface area (Å²) in [6.45, 7) is 0. The molecule has 2 aromatic rings. The Bertz CT molecular complexity index is 701. The first-order valence-corrected chi connectivity index (χ1v) is 8.97. The molecule has 7 nitrogen and oxygen atoms in total. The second kappa shape index (κ2) is 4.50. The second-order valence-electron chi connectivity index (χ2n) is 4.99. The topological polar surface area (TPSA) is 103 Å². The average Bonchev–Trinajstić information content (AvgIpc) is 2.94. The Hall–Kier alpha value is -1.06. The zero-order valence-electron chi connectivity index (χ0n) is 10.5. The van der Waals surface area contributed by atoms with E-state index in [1.54, 1.807) is 4.52 Å². The number of aromatic nitrogens is 4. The second-order valence-corrected chi connectivity index (χ2v) is 8.24. The van der Waals surface area contributed by atoms with Crippen molar-refractivity contribution in [1.82, 2.24) is 19.8 Å². The number of hydrogen-bond acceptors (Lipinski definition) is 7. The number of nitrogens with zero attached hydrogens (tertiary/aromatic N) is 4. The first-order chi connectivity index (χ1) is 8.94. The van der Waals surface area contributed by atoms with Crippen LogP contribution in [0.4, 0.5) is 0 Å². The average molecular weight is 301 g/mol. The molecule has 1 unspecified atom stereocenters. The summed E-state index contributed by atoms with van der Waals surface area (Å²) in [5, 5.41) is 13.4. The maximum Gasteiger partial charge on any atom is 0.234 e. The van der Waals surface area contributed by atoms with E-state index in [1.807, 2.05) is 0 Å². The SMILES string of the molecule is CS(=O)(=O)CCC(N)c1nn2c(C3CC3)nnc2s1. The lowest BCUT2D eigenvalue weighted by Crippen LogP contribution is -2.15. The van der Waals surface area contributed by atoms with Crippen LogP contribution >= 0.6 is 11.3 Å². The Morgan fingerprint density at radius 3 is 2.84 bits per heavy atom. The standard InChI is InChI=1S/C10H15N5O2S2/c1-19(16,17)5-4-7(11)9-14-15-8(6-2-3-6)12-13-10(15)18-9/h6-7H,2-5,11H2,1H3. The highest BCUT2D eigenvalue weighted by Crippen LogP contribution is 2.39. The van der Waals surface area contributed by atoms with Gasteiger partial charge in [0.25, 0.3) is 0 Å². The number of fused-ring (bicyclic) bond motifs is 1. The fourth-order valence-corrected chi connectivity index (χ4v) is 3.42. The molecule has 1 aliphatic carbocycles. The molecule has 9 heteroatoms. The molecule has 0 aliphatic heterocycles. The number of nitrogens with two attached hydrogens (primary N) is 1. The first-order valence-electron chi connectivity index (χ1n) is 6.09. The number of sulfone groups is 1. The minimum Gasteiger partial charge on any atom is -0.322 e. The summed E-state index contributed by atoms with van der Waals surface area (Å²) >= 11 is 1.38. The molecule has 19 heavy (non-hydrogen) atoms. The predicted octanol–water partition coefficient (Wildman–Crippen LogP) is 0.498. The van der Waals surface area contributed by atoms with E-state index in [4.69, 9.17) is 5.73 Å². The van der Waals surface area contributed by atoms with Crippen molar-refractivity contribution in [2.24, 2.45) is 5.73 Å². The van der Waals surface area contributed by atoms with Crippen molar-refractivity contribution in [3.05, 3.63) is 10.8 Å². The van der Waals surface area contributed by atoms with Crippen LogP contribution in [0.2, 0.25) is 0 Å². The molecule has 2 N–H and O–H groups in total. The molecule has 0 spiro atoms. The maximum atomic E-state index is 11.1. The van der Waals surface area contributed by atoms with E-state index < -0.39 is 9.84 Å². The highest BCUT2D eigenvalue weighted by atomic mass is 32.2. The lowest BCUT2D eigenvalue weighted by Gasteiger charge is -2.05. The Morgan fingerprint density at radius 1 is 1.47 bits per heavy atom. The normalized spacial score (nSPS) is 18.0. The third-order valence-corrected chi connectivity index (χ3v) is 5.10. The molecule has 1 aliphatic rings. The summed E-state index contributed by atoms with van der Waals surface area (Å²) in [6, 6.07) is -0.367. The van der Waals surface area contributed by atoms with E-state index in [2.05, 4.69) is 15.3 Å². The van der Waals surface area contributed by atoms with Gasteiger partial charge in [0.2, 0.25) is 4.96 Å². The van der Waals surface area contributed by atoms with Crippen molar-refractivity contribution in [3.63, 3.8) is 0 Å². The van der Waals surface area contributed by atoms with Crippen molar-refractivity contribution in [2.45, 2.75) is 31.2 Å². The van der Waals surface area contributed by atoms with Gasteiger partial charge in [0, 0.05) is 12.2 Å². The highest BCUT2D eigenvalue weighted by molar-refractivity contribution is 7.90. The third-order valence-electron chi connectivity index (χ3n) is 3.09. The predicted molar refractivity (Wildman–Crippen MR) is 71.9 cm³/mol. The molecule has 104 valence electrons. The molecular weight excluding hydrogens is 286 g/mol. The van der Waals surface area contributed by atoms with Crippen molar-refractivity contribution < 1.29 is 8.42 Å². The minimum absolute atomic E-state index is 0.0732. The van der Waals surface area contributed by atoms with Crippen molar-refractivity contribution in [1.29, 1.82) is 0 Å². The van der Waals surface area contributed by atoms with Crippen molar-refractivity contribution in [3.8, 4) is 0 Å². The summed E-state index contributed by atoms with van der Waals surface area (Å²) in [6.07, 6.45) is 3.85. The monoisotopic (exact) mass is 301 g/mol. The molecule has 0 amide bonds. The van der Waals surface area contributed by atoms with Crippen LogP contribution in [0.25, 0.3) is 4.96 Å². The van der Waals surface area contributed by atoms with Gasteiger partial charge >= 0.3 is 0 Å². The summed E-state index contributed by atoms with van der Waals surface area (Å²) in [7, 11) is -2.99.